The van der Waals surface area contributed by atoms with Crippen LogP contribution >= 0.6 is 0 Å². The standard InChI is InChI=1S/C15H25NO2/c1-10(5-13(8-16)9-17)15-11(2)6-14(18-4)7-12(15)3/h6-7,10,13,17H,5,8-9,16H2,1-4H3. The fourth-order valence-electron chi connectivity index (χ4n) is 2.69. The average Bonchev–Trinajstić information content (AvgIpc) is 2.34. The third kappa shape index (κ3) is 3.47. The summed E-state index contributed by atoms with van der Waals surface area (Å²) in [5.41, 5.74) is 9.49. The lowest BCUT2D eigenvalue weighted by atomic mass is 9.85. The van der Waals surface area contributed by atoms with E-state index in [9.17, 15) is 5.11 Å². The lowest BCUT2D eigenvalue weighted by Gasteiger charge is -2.22. The molecule has 0 fully saturated rings. The summed E-state index contributed by atoms with van der Waals surface area (Å²) in [5, 5.41) is 9.24. The Hall–Kier alpha value is -1.06. The predicted molar refractivity (Wildman–Crippen MR) is 75.1 cm³/mol. The number of rotatable bonds is 6. The van der Waals surface area contributed by atoms with Crippen LogP contribution in [0.15, 0.2) is 12.1 Å². The Morgan fingerprint density at radius 2 is 1.83 bits per heavy atom. The summed E-state index contributed by atoms with van der Waals surface area (Å²) in [6, 6.07) is 4.13. The van der Waals surface area contributed by atoms with Crippen molar-refractivity contribution in [2.75, 3.05) is 20.3 Å². The Labute approximate surface area is 110 Å². The minimum atomic E-state index is 0.162. The highest BCUT2D eigenvalue weighted by Gasteiger charge is 2.17. The molecule has 3 nitrogen and oxygen atoms in total. The first-order valence-corrected chi connectivity index (χ1v) is 6.49. The van der Waals surface area contributed by atoms with E-state index < -0.39 is 0 Å². The molecule has 3 N–H and O–H groups in total. The minimum Gasteiger partial charge on any atom is -0.497 e. The molecule has 1 aromatic rings. The van der Waals surface area contributed by atoms with Crippen LogP contribution in [0.1, 0.15) is 36.0 Å². The molecule has 102 valence electrons. The van der Waals surface area contributed by atoms with Crippen LogP contribution in [0.5, 0.6) is 5.75 Å². The highest BCUT2D eigenvalue weighted by Crippen LogP contribution is 2.31. The SMILES string of the molecule is COc1cc(C)c(C(C)CC(CN)CO)c(C)c1. The van der Waals surface area contributed by atoms with E-state index in [4.69, 9.17) is 10.5 Å². The fraction of sp³-hybridized carbons (Fsp3) is 0.600. The van der Waals surface area contributed by atoms with E-state index >= 15 is 0 Å². The van der Waals surface area contributed by atoms with E-state index in [2.05, 4.69) is 32.9 Å². The number of nitrogens with two attached hydrogens (primary N) is 1. The second-order valence-corrected chi connectivity index (χ2v) is 5.10. The molecule has 2 unspecified atom stereocenters. The molecule has 0 aromatic heterocycles. The van der Waals surface area contributed by atoms with Crippen LogP contribution < -0.4 is 10.5 Å². The van der Waals surface area contributed by atoms with Crippen molar-refractivity contribution in [3.05, 3.63) is 28.8 Å². The summed E-state index contributed by atoms with van der Waals surface area (Å²) in [6.07, 6.45) is 0.918. The van der Waals surface area contributed by atoms with E-state index in [0.717, 1.165) is 12.2 Å². The summed E-state index contributed by atoms with van der Waals surface area (Å²) < 4.78 is 5.27. The molecule has 2 atom stereocenters. The average molecular weight is 251 g/mol. The number of hydrogen-bond donors (Lipinski definition) is 2. The highest BCUT2D eigenvalue weighted by atomic mass is 16.5. The van der Waals surface area contributed by atoms with Gasteiger partial charge >= 0.3 is 0 Å². The van der Waals surface area contributed by atoms with E-state index in [1.807, 2.05) is 0 Å². The Balaban J connectivity index is 2.95. The van der Waals surface area contributed by atoms with Gasteiger partial charge in [-0.3, -0.25) is 0 Å². The first-order chi connectivity index (χ1) is 8.53. The summed E-state index contributed by atoms with van der Waals surface area (Å²) in [6.45, 7) is 7.11. The molecule has 0 bridgehead atoms. The number of hydrogen-bond acceptors (Lipinski definition) is 3. The Kier molecular flexibility index (Phi) is 5.63. The largest absolute Gasteiger partial charge is 0.497 e. The maximum Gasteiger partial charge on any atom is 0.119 e. The zero-order valence-corrected chi connectivity index (χ0v) is 11.9. The predicted octanol–water partition coefficient (Wildman–Crippen LogP) is 2.37. The quantitative estimate of drug-likeness (QED) is 0.816. The molecule has 0 aliphatic heterocycles. The molecule has 0 aliphatic rings. The molecule has 0 spiro atoms. The van der Waals surface area contributed by atoms with Crippen molar-refractivity contribution in [1.82, 2.24) is 0 Å². The van der Waals surface area contributed by atoms with Crippen LogP contribution in [-0.2, 0) is 0 Å². The number of benzene rings is 1. The fourth-order valence-corrected chi connectivity index (χ4v) is 2.69. The molecule has 0 saturated heterocycles. The second kappa shape index (κ2) is 6.76. The van der Waals surface area contributed by atoms with Crippen molar-refractivity contribution in [2.45, 2.75) is 33.1 Å². The second-order valence-electron chi connectivity index (χ2n) is 5.10. The Morgan fingerprint density at radius 3 is 2.22 bits per heavy atom. The van der Waals surface area contributed by atoms with Gasteiger partial charge in [-0.2, -0.15) is 0 Å². The van der Waals surface area contributed by atoms with E-state index in [1.165, 1.54) is 16.7 Å². The van der Waals surface area contributed by atoms with Crippen molar-refractivity contribution in [3.63, 3.8) is 0 Å². The van der Waals surface area contributed by atoms with Crippen LogP contribution in [0.25, 0.3) is 0 Å². The molecule has 18 heavy (non-hydrogen) atoms. The van der Waals surface area contributed by atoms with Gasteiger partial charge in [0.05, 0.1) is 7.11 Å². The van der Waals surface area contributed by atoms with Crippen molar-refractivity contribution in [3.8, 4) is 5.75 Å². The van der Waals surface area contributed by atoms with Gasteiger partial charge in [-0.25, -0.2) is 0 Å². The zero-order chi connectivity index (χ0) is 13.7. The van der Waals surface area contributed by atoms with Crippen LogP contribution in [-0.4, -0.2) is 25.4 Å². The number of aliphatic hydroxyl groups is 1. The molecular formula is C15H25NO2. The Bertz CT molecular complexity index is 363. The van der Waals surface area contributed by atoms with Gasteiger partial charge in [-0.05, 0) is 67.5 Å². The van der Waals surface area contributed by atoms with Crippen molar-refractivity contribution >= 4 is 0 Å². The normalized spacial score (nSPS) is 14.3. The van der Waals surface area contributed by atoms with Crippen molar-refractivity contribution in [2.24, 2.45) is 11.7 Å². The summed E-state index contributed by atoms with van der Waals surface area (Å²) >= 11 is 0. The van der Waals surface area contributed by atoms with Crippen LogP contribution in [0, 0.1) is 19.8 Å². The number of aryl methyl sites for hydroxylation is 2. The molecular weight excluding hydrogens is 226 g/mol. The molecule has 0 heterocycles. The van der Waals surface area contributed by atoms with E-state index in [0.29, 0.717) is 12.5 Å². The van der Waals surface area contributed by atoms with Crippen molar-refractivity contribution in [1.29, 1.82) is 0 Å². The van der Waals surface area contributed by atoms with Gasteiger partial charge in [0.15, 0.2) is 0 Å². The van der Waals surface area contributed by atoms with Gasteiger partial charge in [-0.1, -0.05) is 6.92 Å². The van der Waals surface area contributed by atoms with Crippen LogP contribution in [0.4, 0.5) is 0 Å². The number of methoxy groups -OCH3 is 1. The van der Waals surface area contributed by atoms with Crippen LogP contribution in [0.3, 0.4) is 0 Å². The number of aliphatic hydroxyl groups excluding tert-OH is 1. The first-order valence-electron chi connectivity index (χ1n) is 6.49. The molecule has 1 rings (SSSR count). The third-order valence-electron chi connectivity index (χ3n) is 3.57. The monoisotopic (exact) mass is 251 g/mol. The van der Waals surface area contributed by atoms with Crippen LogP contribution in [0.2, 0.25) is 0 Å². The minimum absolute atomic E-state index is 0.162. The van der Waals surface area contributed by atoms with Gasteiger partial charge in [0, 0.05) is 6.61 Å². The number of ether oxygens (including phenoxy) is 1. The first kappa shape index (κ1) is 15.0. The van der Waals surface area contributed by atoms with E-state index in [-0.39, 0.29) is 12.5 Å². The third-order valence-corrected chi connectivity index (χ3v) is 3.57. The smallest absolute Gasteiger partial charge is 0.119 e. The Morgan fingerprint density at radius 1 is 1.28 bits per heavy atom. The lowest BCUT2D eigenvalue weighted by molar-refractivity contribution is 0.217. The lowest BCUT2D eigenvalue weighted by Crippen LogP contribution is -2.20. The zero-order valence-electron chi connectivity index (χ0n) is 11.9. The highest BCUT2D eigenvalue weighted by molar-refractivity contribution is 5.42. The van der Waals surface area contributed by atoms with Gasteiger partial charge < -0.3 is 15.6 Å². The molecule has 0 amide bonds. The van der Waals surface area contributed by atoms with Gasteiger partial charge in [-0.15, -0.1) is 0 Å². The maximum absolute atomic E-state index is 9.24. The molecule has 3 heteroatoms. The summed E-state index contributed by atoms with van der Waals surface area (Å²) in [4.78, 5) is 0. The molecule has 1 aromatic carbocycles. The summed E-state index contributed by atoms with van der Waals surface area (Å²) in [5.74, 6) is 1.48. The maximum atomic E-state index is 9.24. The summed E-state index contributed by atoms with van der Waals surface area (Å²) in [7, 11) is 1.69. The topological polar surface area (TPSA) is 55.5 Å². The molecule has 0 saturated carbocycles. The van der Waals surface area contributed by atoms with Gasteiger partial charge in [0.25, 0.3) is 0 Å². The molecule has 0 aliphatic carbocycles. The van der Waals surface area contributed by atoms with Gasteiger partial charge in [0.1, 0.15) is 5.75 Å². The van der Waals surface area contributed by atoms with Crippen molar-refractivity contribution < 1.29 is 9.84 Å². The van der Waals surface area contributed by atoms with Gasteiger partial charge in [0.2, 0.25) is 0 Å². The van der Waals surface area contributed by atoms with E-state index in [1.54, 1.807) is 7.11 Å². The molecule has 0 radical (unpaired) electrons.